The van der Waals surface area contributed by atoms with Crippen molar-refractivity contribution in [3.63, 3.8) is 0 Å². The van der Waals surface area contributed by atoms with E-state index >= 15 is 0 Å². The first-order valence-electron chi connectivity index (χ1n) is 6.31. The number of benzene rings is 1. The van der Waals surface area contributed by atoms with Crippen molar-refractivity contribution >= 4 is 0 Å². The summed E-state index contributed by atoms with van der Waals surface area (Å²) in [7, 11) is 0. The molecule has 4 heteroatoms. The normalized spacial score (nSPS) is 10.7. The van der Waals surface area contributed by atoms with Crippen LogP contribution in [0.5, 0.6) is 0 Å². The van der Waals surface area contributed by atoms with Crippen molar-refractivity contribution in [2.75, 3.05) is 6.54 Å². The molecule has 0 aliphatic carbocycles. The monoisotopic (exact) mass is 262 g/mol. The Labute approximate surface area is 111 Å². The van der Waals surface area contributed by atoms with Crippen LogP contribution in [0.2, 0.25) is 0 Å². The van der Waals surface area contributed by atoms with Crippen LogP contribution < -0.4 is 5.32 Å². The molecule has 0 spiro atoms. The van der Waals surface area contributed by atoms with E-state index in [1.807, 2.05) is 0 Å². The Bertz CT molecular complexity index is 556. The van der Waals surface area contributed by atoms with Crippen molar-refractivity contribution in [1.29, 1.82) is 0 Å². The molecule has 2 aromatic rings. The minimum atomic E-state index is -0.440. The van der Waals surface area contributed by atoms with Crippen LogP contribution in [-0.2, 0) is 6.54 Å². The van der Waals surface area contributed by atoms with Crippen molar-refractivity contribution in [3.05, 3.63) is 53.9 Å². The zero-order chi connectivity index (χ0) is 13.7. The zero-order valence-corrected chi connectivity index (χ0v) is 10.8. The van der Waals surface area contributed by atoms with E-state index in [0.29, 0.717) is 17.7 Å². The van der Waals surface area contributed by atoms with Gasteiger partial charge >= 0.3 is 0 Å². The molecule has 0 atom stereocenters. The van der Waals surface area contributed by atoms with E-state index in [-0.39, 0.29) is 5.82 Å². The molecule has 19 heavy (non-hydrogen) atoms. The van der Waals surface area contributed by atoms with E-state index in [1.54, 1.807) is 12.1 Å². The average molecular weight is 262 g/mol. The Balaban J connectivity index is 2.37. The highest BCUT2D eigenvalue weighted by Gasteiger charge is 2.10. The Morgan fingerprint density at radius 3 is 2.74 bits per heavy atom. The van der Waals surface area contributed by atoms with Gasteiger partial charge in [-0.25, -0.2) is 8.78 Å². The summed E-state index contributed by atoms with van der Waals surface area (Å²) in [5.74, 6) is -0.810. The first-order chi connectivity index (χ1) is 9.22. The number of rotatable bonds is 5. The molecule has 0 fully saturated rings. The third kappa shape index (κ3) is 3.35. The molecule has 1 aromatic heterocycles. The molecule has 0 bridgehead atoms. The number of hydrogen-bond donors (Lipinski definition) is 1. The van der Waals surface area contributed by atoms with Crippen LogP contribution in [0.1, 0.15) is 18.9 Å². The predicted molar refractivity (Wildman–Crippen MR) is 71.6 cm³/mol. The van der Waals surface area contributed by atoms with E-state index in [2.05, 4.69) is 17.2 Å². The van der Waals surface area contributed by atoms with Crippen LogP contribution in [0, 0.1) is 11.6 Å². The van der Waals surface area contributed by atoms with E-state index < -0.39 is 5.82 Å². The van der Waals surface area contributed by atoms with E-state index in [0.717, 1.165) is 24.7 Å². The molecule has 100 valence electrons. The van der Waals surface area contributed by atoms with Gasteiger partial charge in [0.25, 0.3) is 0 Å². The van der Waals surface area contributed by atoms with E-state index in [1.165, 1.54) is 18.3 Å². The highest BCUT2D eigenvalue weighted by atomic mass is 19.1. The number of nitrogens with zero attached hydrogens (tertiary/aromatic N) is 1. The van der Waals surface area contributed by atoms with Gasteiger partial charge in [0.05, 0.1) is 6.20 Å². The van der Waals surface area contributed by atoms with Crippen molar-refractivity contribution in [2.45, 2.75) is 19.9 Å². The topological polar surface area (TPSA) is 24.9 Å². The molecule has 2 nitrogen and oxygen atoms in total. The number of pyridine rings is 1. The predicted octanol–water partition coefficient (Wildman–Crippen LogP) is 3.53. The summed E-state index contributed by atoms with van der Waals surface area (Å²) in [5.41, 5.74) is 1.83. The second kappa shape index (κ2) is 6.38. The van der Waals surface area contributed by atoms with Crippen LogP contribution in [0.15, 0.2) is 36.7 Å². The maximum atomic E-state index is 13.8. The Kier molecular flexibility index (Phi) is 4.58. The number of nitrogens with one attached hydrogen (secondary N) is 1. The van der Waals surface area contributed by atoms with Gasteiger partial charge in [0, 0.05) is 18.3 Å². The van der Waals surface area contributed by atoms with Gasteiger partial charge in [-0.3, -0.25) is 4.98 Å². The van der Waals surface area contributed by atoms with E-state index in [4.69, 9.17) is 0 Å². The zero-order valence-electron chi connectivity index (χ0n) is 10.8. The van der Waals surface area contributed by atoms with Crippen LogP contribution in [0.3, 0.4) is 0 Å². The van der Waals surface area contributed by atoms with Gasteiger partial charge in [-0.1, -0.05) is 13.0 Å². The second-order valence-corrected chi connectivity index (χ2v) is 4.33. The average Bonchev–Trinajstić information content (AvgIpc) is 2.41. The SMILES string of the molecule is CCCNCc1ccc(F)cc1-c1ccncc1F. The highest BCUT2D eigenvalue weighted by Crippen LogP contribution is 2.26. The van der Waals surface area contributed by atoms with Gasteiger partial charge in [-0.05, 0) is 42.3 Å². The lowest BCUT2D eigenvalue weighted by Gasteiger charge is -2.11. The third-order valence-corrected chi connectivity index (χ3v) is 2.88. The Hall–Kier alpha value is -1.81. The lowest BCUT2D eigenvalue weighted by molar-refractivity contribution is 0.618. The first kappa shape index (κ1) is 13.6. The number of aromatic nitrogens is 1. The standard InChI is InChI=1S/C15H16F2N2/c1-2-6-18-9-11-3-4-12(16)8-14(11)13-5-7-19-10-15(13)17/h3-5,7-8,10,18H,2,6,9H2,1H3. The molecule has 0 aliphatic heterocycles. The minimum Gasteiger partial charge on any atom is -0.313 e. The van der Waals surface area contributed by atoms with Crippen molar-refractivity contribution < 1.29 is 8.78 Å². The maximum absolute atomic E-state index is 13.8. The van der Waals surface area contributed by atoms with Crippen molar-refractivity contribution in [1.82, 2.24) is 10.3 Å². The molecule has 0 amide bonds. The highest BCUT2D eigenvalue weighted by molar-refractivity contribution is 5.67. The number of halogens is 2. The molecule has 1 aromatic carbocycles. The Morgan fingerprint density at radius 1 is 1.16 bits per heavy atom. The van der Waals surface area contributed by atoms with Gasteiger partial charge in [-0.15, -0.1) is 0 Å². The first-order valence-corrected chi connectivity index (χ1v) is 6.31. The van der Waals surface area contributed by atoms with Gasteiger partial charge < -0.3 is 5.32 Å². The molecule has 0 unspecified atom stereocenters. The van der Waals surface area contributed by atoms with Gasteiger partial charge in [0.2, 0.25) is 0 Å². The van der Waals surface area contributed by atoms with Crippen LogP contribution in [-0.4, -0.2) is 11.5 Å². The summed E-state index contributed by atoms with van der Waals surface area (Å²) in [6, 6.07) is 6.01. The third-order valence-electron chi connectivity index (χ3n) is 2.88. The molecule has 0 radical (unpaired) electrons. The van der Waals surface area contributed by atoms with Gasteiger partial charge in [0.15, 0.2) is 0 Å². The summed E-state index contributed by atoms with van der Waals surface area (Å²) in [5, 5.41) is 3.24. The molecule has 0 aliphatic rings. The molecule has 1 N–H and O–H groups in total. The molecule has 2 rings (SSSR count). The fourth-order valence-corrected chi connectivity index (χ4v) is 1.95. The van der Waals surface area contributed by atoms with Crippen molar-refractivity contribution in [2.24, 2.45) is 0 Å². The molecular weight excluding hydrogens is 246 g/mol. The Morgan fingerprint density at radius 2 is 2.00 bits per heavy atom. The fraction of sp³-hybridized carbons (Fsp3) is 0.267. The minimum absolute atomic E-state index is 0.370. The summed E-state index contributed by atoms with van der Waals surface area (Å²) in [6.45, 7) is 3.53. The fourth-order valence-electron chi connectivity index (χ4n) is 1.95. The molecule has 0 saturated carbocycles. The maximum Gasteiger partial charge on any atom is 0.149 e. The summed E-state index contributed by atoms with van der Waals surface area (Å²) in [6.07, 6.45) is 3.66. The quantitative estimate of drug-likeness (QED) is 0.834. The molecular formula is C15H16F2N2. The summed E-state index contributed by atoms with van der Waals surface area (Å²) in [4.78, 5) is 3.71. The summed E-state index contributed by atoms with van der Waals surface area (Å²) < 4.78 is 27.2. The lowest BCUT2D eigenvalue weighted by Crippen LogP contribution is -2.14. The molecule has 0 saturated heterocycles. The smallest absolute Gasteiger partial charge is 0.149 e. The van der Waals surface area contributed by atoms with Crippen LogP contribution in [0.4, 0.5) is 8.78 Å². The van der Waals surface area contributed by atoms with Crippen LogP contribution >= 0.6 is 0 Å². The summed E-state index contributed by atoms with van der Waals surface area (Å²) >= 11 is 0. The van der Waals surface area contributed by atoms with Crippen LogP contribution in [0.25, 0.3) is 11.1 Å². The lowest BCUT2D eigenvalue weighted by atomic mass is 10.00. The second-order valence-electron chi connectivity index (χ2n) is 4.33. The van der Waals surface area contributed by atoms with Crippen molar-refractivity contribution in [3.8, 4) is 11.1 Å². The van der Waals surface area contributed by atoms with Gasteiger partial charge in [0.1, 0.15) is 11.6 Å². The van der Waals surface area contributed by atoms with Gasteiger partial charge in [-0.2, -0.15) is 0 Å². The number of hydrogen-bond acceptors (Lipinski definition) is 2. The largest absolute Gasteiger partial charge is 0.313 e. The van der Waals surface area contributed by atoms with E-state index in [9.17, 15) is 8.78 Å². The molecule has 1 heterocycles.